The number of nitrogens with one attached hydrogen (secondary N) is 1. The number of likely N-dealkylation sites (N-methyl/N-ethyl adjacent to an activating group) is 1. The minimum atomic E-state index is -1.08. The number of nitrogens with zero attached hydrogens (tertiary/aromatic N) is 2. The van der Waals surface area contributed by atoms with Gasteiger partial charge in [0, 0.05) is 61.4 Å². The van der Waals surface area contributed by atoms with Gasteiger partial charge in [0.2, 0.25) is 0 Å². The summed E-state index contributed by atoms with van der Waals surface area (Å²) in [5.74, 6) is 2.86. The van der Waals surface area contributed by atoms with Gasteiger partial charge in [0.05, 0.1) is 13.2 Å². The molecule has 2 heterocycles. The van der Waals surface area contributed by atoms with Crippen molar-refractivity contribution in [2.45, 2.75) is 107 Å². The maximum Gasteiger partial charge on any atom is 0.329 e. The maximum atomic E-state index is 13.1. The molecule has 4 aliphatic rings. The topological polar surface area (TPSA) is 102 Å². The highest BCUT2D eigenvalue weighted by Gasteiger charge is 2.54. The van der Waals surface area contributed by atoms with Crippen molar-refractivity contribution in [2.75, 3.05) is 52.4 Å². The van der Waals surface area contributed by atoms with Gasteiger partial charge in [0.15, 0.2) is 11.5 Å². The molecule has 0 saturated heterocycles. The Morgan fingerprint density at radius 3 is 2.76 bits per heavy atom. The average molecular weight is 760 g/mol. The molecule has 1 spiro atoms. The van der Waals surface area contributed by atoms with Crippen molar-refractivity contribution in [3.05, 3.63) is 76.1 Å². The molecule has 0 radical (unpaired) electrons. The predicted octanol–water partition coefficient (Wildman–Crippen LogP) is 8.70. The van der Waals surface area contributed by atoms with Crippen LogP contribution in [0, 0.1) is 11.8 Å². The summed E-state index contributed by atoms with van der Waals surface area (Å²) in [6.07, 6.45) is 11.4. The zero-order valence-electron chi connectivity index (χ0n) is 32.5. The number of rotatable bonds is 14. The maximum absolute atomic E-state index is 13.1. The first-order valence-electron chi connectivity index (χ1n) is 20.1. The second kappa shape index (κ2) is 16.7. The number of halogens is 1. The van der Waals surface area contributed by atoms with Crippen molar-refractivity contribution in [2.24, 2.45) is 11.8 Å². The van der Waals surface area contributed by atoms with Gasteiger partial charge in [0.25, 0.3) is 0 Å². The Hall–Kier alpha value is -3.53. The highest BCUT2D eigenvalue weighted by molar-refractivity contribution is 6.30. The van der Waals surface area contributed by atoms with E-state index in [0.717, 1.165) is 87.6 Å². The molecular weight excluding hydrogens is 702 g/mol. The smallest absolute Gasteiger partial charge is 0.329 e. The molecule has 7 rings (SSSR count). The summed E-state index contributed by atoms with van der Waals surface area (Å²) in [7, 11) is 3.88. The molecule has 54 heavy (non-hydrogen) atoms. The van der Waals surface area contributed by atoms with Gasteiger partial charge in [0.1, 0.15) is 17.4 Å². The zero-order chi connectivity index (χ0) is 37.9. The van der Waals surface area contributed by atoms with Gasteiger partial charge in [-0.1, -0.05) is 31.5 Å². The van der Waals surface area contributed by atoms with Crippen molar-refractivity contribution in [1.82, 2.24) is 9.88 Å². The van der Waals surface area contributed by atoms with Crippen molar-refractivity contribution < 1.29 is 28.8 Å². The Morgan fingerprint density at radius 1 is 1.15 bits per heavy atom. The van der Waals surface area contributed by atoms with Crippen molar-refractivity contribution in [1.29, 1.82) is 0 Å². The highest BCUT2D eigenvalue weighted by atomic mass is 35.5. The van der Waals surface area contributed by atoms with Crippen LogP contribution in [0.4, 0.5) is 5.69 Å². The number of anilines is 1. The molecule has 2 aromatic carbocycles. The number of aryl methyl sites for hydroxylation is 1. The molecule has 1 fully saturated rings. The van der Waals surface area contributed by atoms with E-state index in [1.165, 1.54) is 35.2 Å². The molecule has 4 atom stereocenters. The molecule has 0 bridgehead atoms. The number of methoxy groups -OCH3 is 1. The van der Waals surface area contributed by atoms with Gasteiger partial charge in [-0.3, -0.25) is 4.98 Å². The fourth-order valence-corrected chi connectivity index (χ4v) is 10.1. The SMILES string of the molecule is COCCCN(C)C[C@@H]1CCOc2cc3c(cc2O1)C1(CCC(Nc2cccc(Cl)c2)(C(=O)O)CC1)[C@@H](C[C@@H](C)COc1ccnc2c1[C@H](C)CCC2)C3. The van der Waals surface area contributed by atoms with E-state index in [0.29, 0.717) is 48.8 Å². The van der Waals surface area contributed by atoms with Gasteiger partial charge in [-0.15, -0.1) is 0 Å². The van der Waals surface area contributed by atoms with Crippen LogP contribution in [0.15, 0.2) is 48.7 Å². The van der Waals surface area contributed by atoms with Crippen molar-refractivity contribution >= 4 is 23.3 Å². The normalized spacial score (nSPS) is 26.5. The number of aromatic nitrogens is 1. The molecule has 292 valence electrons. The Balaban J connectivity index is 1.14. The highest BCUT2D eigenvalue weighted by Crippen LogP contribution is 2.58. The Labute approximate surface area is 326 Å². The van der Waals surface area contributed by atoms with Gasteiger partial charge in [-0.2, -0.15) is 0 Å². The van der Waals surface area contributed by atoms with Crippen LogP contribution in [0.25, 0.3) is 0 Å². The molecule has 0 amide bonds. The molecule has 3 aliphatic carbocycles. The van der Waals surface area contributed by atoms with E-state index in [2.05, 4.69) is 48.2 Å². The van der Waals surface area contributed by atoms with Gasteiger partial charge >= 0.3 is 5.97 Å². The molecule has 2 N–H and O–H groups in total. The van der Waals surface area contributed by atoms with Crippen LogP contribution in [0.1, 0.15) is 99.9 Å². The molecule has 9 nitrogen and oxygen atoms in total. The summed E-state index contributed by atoms with van der Waals surface area (Å²) in [4.78, 5) is 20.1. The lowest BCUT2D eigenvalue weighted by atomic mass is 9.59. The largest absolute Gasteiger partial charge is 0.493 e. The van der Waals surface area contributed by atoms with Gasteiger partial charge < -0.3 is 34.3 Å². The predicted molar refractivity (Wildman–Crippen MR) is 213 cm³/mol. The van der Waals surface area contributed by atoms with E-state index in [4.69, 9.17) is 30.5 Å². The quantitative estimate of drug-likeness (QED) is 0.156. The number of carboxylic acid groups (broad SMARTS) is 1. The van der Waals surface area contributed by atoms with Crippen LogP contribution in [-0.4, -0.2) is 79.7 Å². The lowest BCUT2D eigenvalue weighted by Gasteiger charge is -2.47. The number of pyridine rings is 1. The first kappa shape index (κ1) is 38.7. The van der Waals surface area contributed by atoms with Crippen LogP contribution in [0.5, 0.6) is 17.2 Å². The number of carboxylic acids is 1. The Kier molecular flexibility index (Phi) is 12.0. The average Bonchev–Trinajstić information content (AvgIpc) is 3.27. The molecule has 0 unspecified atom stereocenters. The van der Waals surface area contributed by atoms with Crippen LogP contribution >= 0.6 is 11.6 Å². The van der Waals surface area contributed by atoms with E-state index in [-0.39, 0.29) is 11.5 Å². The number of aliphatic carboxylic acids is 1. The number of hydrogen-bond acceptors (Lipinski definition) is 8. The summed E-state index contributed by atoms with van der Waals surface area (Å²) in [6.45, 7) is 8.32. The summed E-state index contributed by atoms with van der Waals surface area (Å²) < 4.78 is 25.0. The summed E-state index contributed by atoms with van der Waals surface area (Å²) >= 11 is 6.32. The molecular formula is C44H58ClN3O6. The van der Waals surface area contributed by atoms with E-state index in [9.17, 15) is 9.90 Å². The van der Waals surface area contributed by atoms with E-state index < -0.39 is 11.5 Å². The molecule has 1 saturated carbocycles. The van der Waals surface area contributed by atoms with Crippen molar-refractivity contribution in [3.8, 4) is 17.2 Å². The van der Waals surface area contributed by atoms with Gasteiger partial charge in [-0.05, 0) is 142 Å². The molecule has 10 heteroatoms. The minimum Gasteiger partial charge on any atom is -0.493 e. The van der Waals surface area contributed by atoms with E-state index in [1.807, 2.05) is 36.5 Å². The van der Waals surface area contributed by atoms with E-state index >= 15 is 0 Å². The minimum absolute atomic E-state index is 0.0109. The lowest BCUT2D eigenvalue weighted by molar-refractivity contribution is -0.144. The molecule has 1 aliphatic heterocycles. The Bertz CT molecular complexity index is 1780. The third kappa shape index (κ3) is 8.19. The van der Waals surface area contributed by atoms with Gasteiger partial charge in [-0.25, -0.2) is 4.79 Å². The third-order valence-corrected chi connectivity index (χ3v) is 13.0. The molecule has 3 aromatic rings. The fourth-order valence-electron chi connectivity index (χ4n) is 9.90. The standard InChI is InChI=1S/C44H58ClN3O6/c1-29(28-53-38-12-18-46-37-11-5-8-30(2)41(37)38)22-32-23-31-24-39-40(54-35(13-21-52-39)27-48(3)19-7-20-51-4)26-36(31)43(32)14-16-44(17-15-43,42(49)50)47-34-10-6-9-33(45)25-34/h6,9-10,12,18,24-26,29-30,32,35,47H,5,7-8,11,13-17,19-23,27-28H2,1-4H3,(H,49,50)/t29-,30-,32+,35+,43?,44?/m1/s1. The molecule has 1 aromatic heterocycles. The van der Waals surface area contributed by atoms with Crippen molar-refractivity contribution in [3.63, 3.8) is 0 Å². The first-order valence-corrected chi connectivity index (χ1v) is 20.5. The second-order valence-electron chi connectivity index (χ2n) is 16.6. The van der Waals surface area contributed by atoms with Crippen LogP contribution in [0.3, 0.4) is 0 Å². The monoisotopic (exact) mass is 759 g/mol. The van der Waals surface area contributed by atoms with Crippen LogP contribution in [0.2, 0.25) is 5.02 Å². The summed E-state index contributed by atoms with van der Waals surface area (Å²) in [5, 5.41) is 14.7. The zero-order valence-corrected chi connectivity index (χ0v) is 33.3. The Morgan fingerprint density at radius 2 is 1.98 bits per heavy atom. The fraction of sp³-hybridized carbons (Fsp3) is 0.591. The number of hydrogen-bond donors (Lipinski definition) is 2. The summed E-state index contributed by atoms with van der Waals surface area (Å²) in [6, 6.07) is 13.9. The van der Waals surface area contributed by atoms with Crippen LogP contribution in [-0.2, 0) is 27.8 Å². The third-order valence-electron chi connectivity index (χ3n) is 12.7. The number of benzene rings is 2. The number of carbonyl (C=O) groups is 1. The first-order chi connectivity index (χ1) is 26.1. The van der Waals surface area contributed by atoms with Crippen LogP contribution < -0.4 is 19.5 Å². The summed E-state index contributed by atoms with van der Waals surface area (Å²) in [5.41, 5.74) is 4.52. The lowest BCUT2D eigenvalue weighted by Crippen LogP contribution is -2.53. The second-order valence-corrected chi connectivity index (χ2v) is 17.1. The number of ether oxygens (including phenoxy) is 4. The van der Waals surface area contributed by atoms with E-state index in [1.54, 1.807) is 7.11 Å². The number of fused-ring (bicyclic) bond motifs is 4.